The maximum atomic E-state index is 12.7. The number of carbonyl (C=O) groups excluding carboxylic acids is 1. The molecule has 2 heterocycles. The summed E-state index contributed by atoms with van der Waals surface area (Å²) in [6, 6.07) is 0. The molecule has 1 aliphatic rings. The van der Waals surface area contributed by atoms with E-state index in [4.69, 9.17) is 0 Å². The third kappa shape index (κ3) is 4.57. The van der Waals surface area contributed by atoms with Gasteiger partial charge in [-0.2, -0.15) is 5.10 Å². The molecule has 1 saturated heterocycles. The van der Waals surface area contributed by atoms with E-state index in [1.807, 2.05) is 23.6 Å². The van der Waals surface area contributed by atoms with Crippen LogP contribution in [0.4, 0.5) is 0 Å². The van der Waals surface area contributed by atoms with Crippen LogP contribution < -0.4 is 0 Å². The summed E-state index contributed by atoms with van der Waals surface area (Å²) in [6.07, 6.45) is 2.25. The molecule has 0 radical (unpaired) electrons. The van der Waals surface area contributed by atoms with Gasteiger partial charge in [-0.3, -0.25) is 9.48 Å². The number of aliphatic hydroxyl groups excluding tert-OH is 1. The van der Waals surface area contributed by atoms with Gasteiger partial charge in [0, 0.05) is 45.4 Å². The van der Waals surface area contributed by atoms with Crippen LogP contribution in [0, 0.1) is 25.7 Å². The molecule has 0 spiro atoms. The first-order valence-electron chi connectivity index (χ1n) is 8.84. The molecule has 2 rings (SSSR count). The van der Waals surface area contributed by atoms with Crippen molar-refractivity contribution >= 4 is 5.91 Å². The number of piperidine rings is 1. The van der Waals surface area contributed by atoms with E-state index >= 15 is 0 Å². The van der Waals surface area contributed by atoms with Crippen molar-refractivity contribution in [2.75, 3.05) is 40.3 Å². The number of aryl methyl sites for hydroxylation is 2. The van der Waals surface area contributed by atoms with Gasteiger partial charge in [-0.15, -0.1) is 0 Å². The molecule has 1 N–H and O–H groups in total. The van der Waals surface area contributed by atoms with Gasteiger partial charge in [-0.25, -0.2) is 0 Å². The second-order valence-corrected chi connectivity index (χ2v) is 7.48. The number of aromatic nitrogens is 2. The van der Waals surface area contributed by atoms with Crippen molar-refractivity contribution in [3.63, 3.8) is 0 Å². The fraction of sp³-hybridized carbons (Fsp3) is 0.778. The van der Waals surface area contributed by atoms with Crippen molar-refractivity contribution in [1.29, 1.82) is 0 Å². The second kappa shape index (κ2) is 8.12. The van der Waals surface area contributed by atoms with E-state index in [0.29, 0.717) is 18.9 Å². The fourth-order valence-electron chi connectivity index (χ4n) is 3.87. The number of aliphatic hydroxyl groups is 1. The van der Waals surface area contributed by atoms with Gasteiger partial charge in [0.1, 0.15) is 0 Å². The molecule has 1 aromatic rings. The molecule has 0 saturated carbocycles. The van der Waals surface area contributed by atoms with E-state index in [1.54, 1.807) is 0 Å². The average molecular weight is 336 g/mol. The van der Waals surface area contributed by atoms with Crippen LogP contribution in [0.15, 0.2) is 0 Å². The summed E-state index contributed by atoms with van der Waals surface area (Å²) < 4.78 is 1.88. The topological polar surface area (TPSA) is 61.6 Å². The number of hydrogen-bond donors (Lipinski definition) is 1. The quantitative estimate of drug-likeness (QED) is 0.841. The monoisotopic (exact) mass is 336 g/mol. The first kappa shape index (κ1) is 18.9. The van der Waals surface area contributed by atoms with Crippen LogP contribution in [-0.4, -0.2) is 70.9 Å². The van der Waals surface area contributed by atoms with Crippen molar-refractivity contribution in [3.05, 3.63) is 17.0 Å². The lowest BCUT2D eigenvalue weighted by molar-refractivity contribution is -0.134. The second-order valence-electron chi connectivity index (χ2n) is 7.48. The van der Waals surface area contributed by atoms with Crippen LogP contribution in [0.1, 0.15) is 29.8 Å². The lowest BCUT2D eigenvalue weighted by Gasteiger charge is -2.38. The minimum absolute atomic E-state index is 0.161. The molecule has 1 amide bonds. The molecule has 0 aliphatic carbocycles. The first-order chi connectivity index (χ1) is 11.3. The Morgan fingerprint density at radius 2 is 1.96 bits per heavy atom. The molecule has 24 heavy (non-hydrogen) atoms. The van der Waals surface area contributed by atoms with Gasteiger partial charge in [0.2, 0.25) is 5.91 Å². The van der Waals surface area contributed by atoms with E-state index in [2.05, 4.69) is 31.0 Å². The van der Waals surface area contributed by atoms with Crippen LogP contribution in [0.2, 0.25) is 0 Å². The maximum Gasteiger partial charge on any atom is 0.222 e. The van der Waals surface area contributed by atoms with Gasteiger partial charge in [0.15, 0.2) is 0 Å². The molecular formula is C18H32N4O2. The summed E-state index contributed by atoms with van der Waals surface area (Å²) in [4.78, 5) is 16.8. The smallest absolute Gasteiger partial charge is 0.222 e. The van der Waals surface area contributed by atoms with Crippen LogP contribution in [-0.2, 0) is 18.3 Å². The highest BCUT2D eigenvalue weighted by Crippen LogP contribution is 2.23. The minimum Gasteiger partial charge on any atom is -0.396 e. The maximum absolute atomic E-state index is 12.7. The SMILES string of the molecule is Cc1nn(C)c(C)c1CCC(=O)N1C[C@@H](CN(C)C)C[C@H](CO)C1. The predicted octanol–water partition coefficient (Wildman–Crippen LogP) is 0.988. The van der Waals surface area contributed by atoms with E-state index in [-0.39, 0.29) is 18.4 Å². The van der Waals surface area contributed by atoms with Crippen LogP contribution in [0.3, 0.4) is 0 Å². The Labute approximate surface area is 145 Å². The standard InChI is InChI=1S/C18H32N4O2/c1-13-17(14(2)21(5)19-13)6-7-18(24)22-10-15(9-20(3)4)8-16(11-22)12-23/h15-16,23H,6-12H2,1-5H3/t15-,16+/m1/s1. The molecule has 0 aromatic carbocycles. The van der Waals surface area contributed by atoms with Gasteiger partial charge in [-0.05, 0) is 58.2 Å². The van der Waals surface area contributed by atoms with Crippen molar-refractivity contribution in [2.24, 2.45) is 18.9 Å². The number of rotatable bonds is 6. The van der Waals surface area contributed by atoms with E-state index < -0.39 is 0 Å². The number of nitrogens with zero attached hydrogens (tertiary/aromatic N) is 4. The van der Waals surface area contributed by atoms with Gasteiger partial charge < -0.3 is 14.9 Å². The lowest BCUT2D eigenvalue weighted by Crippen LogP contribution is -2.47. The summed E-state index contributed by atoms with van der Waals surface area (Å²) >= 11 is 0. The zero-order valence-electron chi connectivity index (χ0n) is 15.7. The van der Waals surface area contributed by atoms with Gasteiger partial charge in [0.25, 0.3) is 0 Å². The Morgan fingerprint density at radius 3 is 2.50 bits per heavy atom. The highest BCUT2D eigenvalue weighted by atomic mass is 16.3. The normalized spacial score (nSPS) is 21.5. The first-order valence-corrected chi connectivity index (χ1v) is 8.84. The van der Waals surface area contributed by atoms with Crippen LogP contribution >= 0.6 is 0 Å². The largest absolute Gasteiger partial charge is 0.396 e. The molecule has 6 heteroatoms. The molecule has 136 valence electrons. The average Bonchev–Trinajstić information content (AvgIpc) is 2.76. The number of carbonyl (C=O) groups is 1. The third-order valence-corrected chi connectivity index (χ3v) is 5.11. The molecule has 0 unspecified atom stereocenters. The highest BCUT2D eigenvalue weighted by Gasteiger charge is 2.29. The van der Waals surface area contributed by atoms with E-state index in [9.17, 15) is 9.90 Å². The fourth-order valence-corrected chi connectivity index (χ4v) is 3.87. The van der Waals surface area contributed by atoms with Crippen LogP contribution in [0.5, 0.6) is 0 Å². The molecule has 2 atom stereocenters. The Kier molecular flexibility index (Phi) is 6.40. The predicted molar refractivity (Wildman–Crippen MR) is 94.8 cm³/mol. The highest BCUT2D eigenvalue weighted by molar-refractivity contribution is 5.76. The zero-order chi connectivity index (χ0) is 17.9. The molecule has 1 aromatic heterocycles. The molecule has 1 aliphatic heterocycles. The Balaban J connectivity index is 1.97. The molecule has 0 bridgehead atoms. The van der Waals surface area contributed by atoms with E-state index in [0.717, 1.165) is 37.3 Å². The molecule has 6 nitrogen and oxygen atoms in total. The van der Waals surface area contributed by atoms with Gasteiger partial charge in [0.05, 0.1) is 5.69 Å². The van der Waals surface area contributed by atoms with Crippen LogP contribution in [0.25, 0.3) is 0 Å². The summed E-state index contributed by atoms with van der Waals surface area (Å²) in [5, 5.41) is 14.0. The van der Waals surface area contributed by atoms with Crippen molar-refractivity contribution in [3.8, 4) is 0 Å². The summed E-state index contributed by atoms with van der Waals surface area (Å²) in [6.45, 7) is 6.66. The van der Waals surface area contributed by atoms with E-state index in [1.165, 1.54) is 5.56 Å². The van der Waals surface area contributed by atoms with Gasteiger partial charge >= 0.3 is 0 Å². The zero-order valence-corrected chi connectivity index (χ0v) is 15.7. The minimum atomic E-state index is 0.161. The van der Waals surface area contributed by atoms with Crippen molar-refractivity contribution in [1.82, 2.24) is 19.6 Å². The summed E-state index contributed by atoms with van der Waals surface area (Å²) in [7, 11) is 6.06. The Morgan fingerprint density at radius 1 is 1.29 bits per heavy atom. The summed E-state index contributed by atoms with van der Waals surface area (Å²) in [5.41, 5.74) is 3.34. The molecule has 1 fully saturated rings. The number of hydrogen-bond acceptors (Lipinski definition) is 4. The summed E-state index contributed by atoms with van der Waals surface area (Å²) in [5.74, 6) is 0.839. The third-order valence-electron chi connectivity index (χ3n) is 5.11. The lowest BCUT2D eigenvalue weighted by atomic mass is 9.89. The van der Waals surface area contributed by atoms with Crippen molar-refractivity contribution in [2.45, 2.75) is 33.1 Å². The molecular weight excluding hydrogens is 304 g/mol. The Bertz CT molecular complexity index is 568. The van der Waals surface area contributed by atoms with Gasteiger partial charge in [-0.1, -0.05) is 0 Å². The van der Waals surface area contributed by atoms with Crippen molar-refractivity contribution < 1.29 is 9.90 Å². The number of likely N-dealkylation sites (tertiary alicyclic amines) is 1. The number of amides is 1. The Hall–Kier alpha value is -1.40.